The highest BCUT2D eigenvalue weighted by atomic mass is 16.1. The van der Waals surface area contributed by atoms with Crippen LogP contribution in [0.5, 0.6) is 0 Å². The summed E-state index contributed by atoms with van der Waals surface area (Å²) >= 11 is 0. The van der Waals surface area contributed by atoms with E-state index in [1.807, 2.05) is 30.3 Å². The van der Waals surface area contributed by atoms with E-state index in [-0.39, 0.29) is 5.91 Å². The number of hydrogen-bond acceptors (Lipinski definition) is 3. The van der Waals surface area contributed by atoms with Crippen molar-refractivity contribution < 1.29 is 4.79 Å². The Morgan fingerprint density at radius 2 is 1.79 bits per heavy atom. The average molecular weight is 390 g/mol. The summed E-state index contributed by atoms with van der Waals surface area (Å²) in [6.45, 7) is 6.67. The first-order valence-electron chi connectivity index (χ1n) is 11.1. The van der Waals surface area contributed by atoms with Gasteiger partial charge in [-0.25, -0.2) is 0 Å². The van der Waals surface area contributed by atoms with Gasteiger partial charge in [0.15, 0.2) is 0 Å². The Bertz CT molecular complexity index is 852. The van der Waals surface area contributed by atoms with Crippen LogP contribution in [0, 0.1) is 11.8 Å². The molecule has 2 aromatic carbocycles. The van der Waals surface area contributed by atoms with E-state index in [0.29, 0.717) is 6.04 Å². The highest BCUT2D eigenvalue weighted by Crippen LogP contribution is 2.37. The lowest BCUT2D eigenvalue weighted by Crippen LogP contribution is -2.58. The second-order valence-corrected chi connectivity index (χ2v) is 9.02. The summed E-state index contributed by atoms with van der Waals surface area (Å²) in [5, 5.41) is 3.17. The number of nitrogens with zero attached hydrogens (tertiary/aromatic N) is 2. The lowest BCUT2D eigenvalue weighted by molar-refractivity contribution is -0.0130. The summed E-state index contributed by atoms with van der Waals surface area (Å²) in [5.74, 6) is 1.63. The molecule has 3 fully saturated rings. The van der Waals surface area contributed by atoms with E-state index in [1.165, 1.54) is 56.6 Å². The van der Waals surface area contributed by atoms with E-state index < -0.39 is 0 Å². The molecule has 0 spiro atoms. The van der Waals surface area contributed by atoms with Crippen LogP contribution >= 0.6 is 0 Å². The van der Waals surface area contributed by atoms with Gasteiger partial charge in [-0.2, -0.15) is 0 Å². The van der Waals surface area contributed by atoms with Crippen molar-refractivity contribution >= 4 is 5.91 Å². The fraction of sp³-hybridized carbons (Fsp3) is 0.480. The summed E-state index contributed by atoms with van der Waals surface area (Å²) in [4.78, 5) is 17.7. The zero-order valence-corrected chi connectivity index (χ0v) is 17.1. The summed E-state index contributed by atoms with van der Waals surface area (Å²) in [6.07, 6.45) is 3.73. The first-order chi connectivity index (χ1) is 14.3. The minimum Gasteiger partial charge on any atom is -0.350 e. The van der Waals surface area contributed by atoms with E-state index in [2.05, 4.69) is 39.4 Å². The van der Waals surface area contributed by atoms with Crippen LogP contribution in [-0.4, -0.2) is 54.5 Å². The van der Waals surface area contributed by atoms with Crippen LogP contribution in [0.25, 0.3) is 0 Å². The molecule has 4 aliphatic heterocycles. The number of piperidine rings is 3. The molecule has 4 heterocycles. The molecule has 4 heteroatoms. The molecule has 2 aromatic rings. The molecule has 4 nitrogen and oxygen atoms in total. The minimum absolute atomic E-state index is 0.0526. The highest BCUT2D eigenvalue weighted by Gasteiger charge is 2.40. The number of rotatable bonds is 5. The van der Waals surface area contributed by atoms with Crippen LogP contribution in [0.1, 0.15) is 34.3 Å². The molecule has 0 aromatic heterocycles. The Morgan fingerprint density at radius 3 is 2.59 bits per heavy atom. The molecule has 6 rings (SSSR count). The number of fused-ring (bicyclic) bond motifs is 4. The molecule has 3 saturated heterocycles. The van der Waals surface area contributed by atoms with Crippen molar-refractivity contribution in [1.82, 2.24) is 15.1 Å². The fourth-order valence-corrected chi connectivity index (χ4v) is 5.61. The zero-order chi connectivity index (χ0) is 19.6. The monoisotopic (exact) mass is 389 g/mol. The van der Waals surface area contributed by atoms with Gasteiger partial charge >= 0.3 is 0 Å². The standard InChI is InChI=1S/C25H31N3O/c29-25(20-7-2-1-3-8-20)26-15-24-14-21-11-13-28(24)18-23(21)17-27-12-10-19-6-4-5-9-22(19)16-27/h1-9,21,23-24H,10-18H2,(H,26,29)/t21-,23-,24+/m0/s1. The summed E-state index contributed by atoms with van der Waals surface area (Å²) in [6, 6.07) is 19.0. The van der Waals surface area contributed by atoms with Crippen molar-refractivity contribution in [1.29, 1.82) is 0 Å². The Labute approximate surface area is 173 Å². The van der Waals surface area contributed by atoms with Crippen molar-refractivity contribution in [2.45, 2.75) is 31.8 Å². The minimum atomic E-state index is 0.0526. The van der Waals surface area contributed by atoms with Crippen molar-refractivity contribution in [3.63, 3.8) is 0 Å². The Kier molecular flexibility index (Phi) is 5.38. The summed E-state index contributed by atoms with van der Waals surface area (Å²) < 4.78 is 0. The van der Waals surface area contributed by atoms with Crippen LogP contribution in [0.3, 0.4) is 0 Å². The SMILES string of the molecule is O=C(NC[C@H]1C[C@@H]2CCN1C[C@@H]2CN1CCc2ccccc2C1)c1ccccc1. The maximum Gasteiger partial charge on any atom is 0.251 e. The number of amides is 1. The number of carbonyl (C=O) groups is 1. The number of hydrogen-bond donors (Lipinski definition) is 1. The normalized spacial score (nSPS) is 28.7. The van der Waals surface area contributed by atoms with Crippen LogP contribution < -0.4 is 5.32 Å². The van der Waals surface area contributed by atoms with E-state index in [1.54, 1.807) is 0 Å². The van der Waals surface area contributed by atoms with Gasteiger partial charge in [0.2, 0.25) is 0 Å². The van der Waals surface area contributed by atoms with E-state index in [4.69, 9.17) is 0 Å². The molecule has 152 valence electrons. The third kappa shape index (κ3) is 4.10. The third-order valence-electron chi connectivity index (χ3n) is 7.25. The Balaban J connectivity index is 1.14. The highest BCUT2D eigenvalue weighted by molar-refractivity contribution is 5.94. The van der Waals surface area contributed by atoms with E-state index >= 15 is 0 Å². The van der Waals surface area contributed by atoms with Crippen molar-refractivity contribution in [2.24, 2.45) is 11.8 Å². The predicted octanol–water partition coefficient (Wildman–Crippen LogP) is 3.19. The molecule has 29 heavy (non-hydrogen) atoms. The van der Waals surface area contributed by atoms with Crippen molar-refractivity contribution in [2.75, 3.05) is 32.7 Å². The molecule has 4 aliphatic rings. The fourth-order valence-electron chi connectivity index (χ4n) is 5.61. The Morgan fingerprint density at radius 1 is 1.00 bits per heavy atom. The molecule has 1 amide bonds. The molecular formula is C25H31N3O. The van der Waals surface area contributed by atoms with Crippen molar-refractivity contribution in [3.8, 4) is 0 Å². The number of nitrogens with one attached hydrogen (secondary N) is 1. The Hall–Kier alpha value is -2.17. The van der Waals surface area contributed by atoms with Crippen LogP contribution in [0.2, 0.25) is 0 Å². The lowest BCUT2D eigenvalue weighted by atomic mass is 9.75. The molecule has 0 saturated carbocycles. The lowest BCUT2D eigenvalue weighted by Gasteiger charge is -2.51. The molecular weight excluding hydrogens is 358 g/mol. The molecule has 0 aliphatic carbocycles. The van der Waals surface area contributed by atoms with Crippen LogP contribution in [0.4, 0.5) is 0 Å². The number of carbonyl (C=O) groups excluding carboxylic acids is 1. The molecule has 2 bridgehead atoms. The summed E-state index contributed by atoms with van der Waals surface area (Å²) in [7, 11) is 0. The van der Waals surface area contributed by atoms with Gasteiger partial charge in [-0.1, -0.05) is 42.5 Å². The van der Waals surface area contributed by atoms with Gasteiger partial charge in [0, 0.05) is 44.3 Å². The molecule has 4 atom stereocenters. The van der Waals surface area contributed by atoms with Gasteiger partial charge in [0.05, 0.1) is 0 Å². The van der Waals surface area contributed by atoms with Gasteiger partial charge in [-0.15, -0.1) is 0 Å². The zero-order valence-electron chi connectivity index (χ0n) is 17.1. The van der Waals surface area contributed by atoms with Crippen LogP contribution in [-0.2, 0) is 13.0 Å². The largest absolute Gasteiger partial charge is 0.350 e. The maximum absolute atomic E-state index is 12.4. The second kappa shape index (κ2) is 8.29. The van der Waals surface area contributed by atoms with E-state index in [0.717, 1.165) is 30.5 Å². The van der Waals surface area contributed by atoms with Gasteiger partial charge in [-0.05, 0) is 60.9 Å². The molecule has 0 radical (unpaired) electrons. The first kappa shape index (κ1) is 18.8. The van der Waals surface area contributed by atoms with Crippen LogP contribution in [0.15, 0.2) is 54.6 Å². The van der Waals surface area contributed by atoms with Gasteiger partial charge in [-0.3, -0.25) is 14.6 Å². The predicted molar refractivity (Wildman–Crippen MR) is 116 cm³/mol. The third-order valence-corrected chi connectivity index (χ3v) is 7.25. The molecule has 1 unspecified atom stereocenters. The topological polar surface area (TPSA) is 35.6 Å². The van der Waals surface area contributed by atoms with Gasteiger partial charge in [0.25, 0.3) is 5.91 Å². The van der Waals surface area contributed by atoms with Gasteiger partial charge in [0.1, 0.15) is 0 Å². The van der Waals surface area contributed by atoms with E-state index in [9.17, 15) is 4.79 Å². The first-order valence-corrected chi connectivity index (χ1v) is 11.1. The summed E-state index contributed by atoms with van der Waals surface area (Å²) in [5.41, 5.74) is 3.81. The number of benzene rings is 2. The van der Waals surface area contributed by atoms with Gasteiger partial charge < -0.3 is 5.32 Å². The smallest absolute Gasteiger partial charge is 0.251 e. The molecule has 1 N–H and O–H groups in total. The maximum atomic E-state index is 12.4. The van der Waals surface area contributed by atoms with Crippen molar-refractivity contribution in [3.05, 3.63) is 71.3 Å². The second-order valence-electron chi connectivity index (χ2n) is 9.02. The average Bonchev–Trinajstić information content (AvgIpc) is 2.78. The quantitative estimate of drug-likeness (QED) is 0.853.